The minimum Gasteiger partial charge on any atom is -0.297 e. The molecule has 0 aromatic heterocycles. The molecule has 0 fully saturated rings. The molecule has 0 spiro atoms. The number of hydrogen-bond acceptors (Lipinski definition) is 1. The Balaban J connectivity index is 3.35. The van der Waals surface area contributed by atoms with Gasteiger partial charge in [0.1, 0.15) is 0 Å². The molecule has 0 rings (SSSR count). The Morgan fingerprint density at radius 3 is 2.38 bits per heavy atom. The molecule has 0 amide bonds. The monoisotopic (exact) mass is 109 g/mol. The lowest BCUT2D eigenvalue weighted by Crippen LogP contribution is -1.58. The molecule has 0 aliphatic rings. The Labute approximate surface area is 50.4 Å². The molecule has 0 bridgehead atoms. The third-order valence-electron chi connectivity index (χ3n) is 0.650. The molecule has 0 aromatic carbocycles. The van der Waals surface area contributed by atoms with E-state index in [0.717, 1.165) is 0 Å². The highest BCUT2D eigenvalue weighted by molar-refractivity contribution is 5.71. The molecule has 0 aliphatic carbocycles. The van der Waals surface area contributed by atoms with Crippen LogP contribution in [0.25, 0.3) is 0 Å². The summed E-state index contributed by atoms with van der Waals surface area (Å²) in [6, 6.07) is 0. The van der Waals surface area contributed by atoms with Crippen LogP contribution in [0.1, 0.15) is 6.92 Å². The normalized spacial score (nSPS) is 12.8. The number of hydrogen-bond donors (Lipinski definition) is 0. The van der Waals surface area contributed by atoms with E-state index in [2.05, 4.69) is 4.99 Å². The SMILES string of the molecule is C/C=C/C=C\C=N/C. The van der Waals surface area contributed by atoms with E-state index in [1.165, 1.54) is 0 Å². The fourth-order valence-corrected chi connectivity index (χ4v) is 0.311. The Hall–Kier alpha value is -0.850. The second-order valence-electron chi connectivity index (χ2n) is 1.32. The Kier molecular flexibility index (Phi) is 5.50. The van der Waals surface area contributed by atoms with Gasteiger partial charge in [-0.15, -0.1) is 0 Å². The first-order valence-electron chi connectivity index (χ1n) is 2.62. The third-order valence-corrected chi connectivity index (χ3v) is 0.650. The van der Waals surface area contributed by atoms with E-state index < -0.39 is 0 Å². The molecule has 0 saturated heterocycles. The Morgan fingerprint density at radius 2 is 1.88 bits per heavy atom. The molecule has 0 unspecified atom stereocenters. The summed E-state index contributed by atoms with van der Waals surface area (Å²) < 4.78 is 0. The van der Waals surface area contributed by atoms with Crippen molar-refractivity contribution < 1.29 is 0 Å². The zero-order valence-electron chi connectivity index (χ0n) is 5.33. The molecule has 0 radical (unpaired) electrons. The van der Waals surface area contributed by atoms with Crippen LogP contribution in [0, 0.1) is 0 Å². The zero-order chi connectivity index (χ0) is 6.24. The van der Waals surface area contributed by atoms with Crippen molar-refractivity contribution in [1.82, 2.24) is 0 Å². The minimum absolute atomic E-state index is 1.75. The Bertz CT molecular complexity index is 95.6. The van der Waals surface area contributed by atoms with Crippen LogP contribution in [0.3, 0.4) is 0 Å². The maximum absolute atomic E-state index is 3.76. The number of aliphatic imine (C=N–C) groups is 1. The lowest BCUT2D eigenvalue weighted by atomic mass is 10.4. The van der Waals surface area contributed by atoms with Crippen LogP contribution < -0.4 is 0 Å². The second kappa shape index (κ2) is 6.15. The van der Waals surface area contributed by atoms with Crippen molar-refractivity contribution in [3.63, 3.8) is 0 Å². The standard InChI is InChI=1S/C7H11N/c1-3-4-5-6-7-8-2/h3-7H,1-2H3/b4-3+,6-5-,8-7-. The summed E-state index contributed by atoms with van der Waals surface area (Å²) in [5.41, 5.74) is 0. The summed E-state index contributed by atoms with van der Waals surface area (Å²) in [6.07, 6.45) is 9.51. The molecular formula is C7H11N. The zero-order valence-corrected chi connectivity index (χ0v) is 5.33. The van der Waals surface area contributed by atoms with Crippen LogP contribution in [-0.4, -0.2) is 13.3 Å². The number of allylic oxidation sites excluding steroid dienone is 4. The van der Waals surface area contributed by atoms with Gasteiger partial charge < -0.3 is 0 Å². The van der Waals surface area contributed by atoms with E-state index >= 15 is 0 Å². The van der Waals surface area contributed by atoms with Gasteiger partial charge >= 0.3 is 0 Å². The van der Waals surface area contributed by atoms with Crippen molar-refractivity contribution in [3.05, 3.63) is 24.3 Å². The largest absolute Gasteiger partial charge is 0.297 e. The second-order valence-corrected chi connectivity index (χ2v) is 1.32. The molecule has 0 saturated carbocycles. The van der Waals surface area contributed by atoms with Gasteiger partial charge in [0.25, 0.3) is 0 Å². The highest BCUT2D eigenvalue weighted by Gasteiger charge is 1.55. The maximum Gasteiger partial charge on any atom is 0.0277 e. The van der Waals surface area contributed by atoms with Crippen molar-refractivity contribution in [2.75, 3.05) is 7.05 Å². The van der Waals surface area contributed by atoms with Gasteiger partial charge in [0.05, 0.1) is 0 Å². The highest BCUT2D eigenvalue weighted by Crippen LogP contribution is 1.71. The summed E-state index contributed by atoms with van der Waals surface area (Å²) in [5.74, 6) is 0. The lowest BCUT2D eigenvalue weighted by molar-refractivity contribution is 1.48. The van der Waals surface area contributed by atoms with Crippen molar-refractivity contribution in [1.29, 1.82) is 0 Å². The molecule has 0 heterocycles. The fraction of sp³-hybridized carbons (Fsp3) is 0.286. The van der Waals surface area contributed by atoms with E-state index in [1.807, 2.05) is 31.2 Å². The molecule has 0 aromatic rings. The van der Waals surface area contributed by atoms with E-state index in [4.69, 9.17) is 0 Å². The van der Waals surface area contributed by atoms with Crippen LogP contribution in [0.2, 0.25) is 0 Å². The molecule has 44 valence electrons. The highest BCUT2D eigenvalue weighted by atomic mass is 14.6. The summed E-state index contributed by atoms with van der Waals surface area (Å²) in [5, 5.41) is 0. The first-order chi connectivity index (χ1) is 3.91. The molecule has 0 atom stereocenters. The van der Waals surface area contributed by atoms with E-state index in [1.54, 1.807) is 13.3 Å². The van der Waals surface area contributed by atoms with Gasteiger partial charge in [0, 0.05) is 13.3 Å². The van der Waals surface area contributed by atoms with Gasteiger partial charge in [0.15, 0.2) is 0 Å². The Morgan fingerprint density at radius 1 is 1.12 bits per heavy atom. The smallest absolute Gasteiger partial charge is 0.0277 e. The van der Waals surface area contributed by atoms with Crippen molar-refractivity contribution >= 4 is 6.21 Å². The van der Waals surface area contributed by atoms with Crippen molar-refractivity contribution in [2.45, 2.75) is 6.92 Å². The predicted molar refractivity (Wildman–Crippen MR) is 38.4 cm³/mol. The number of rotatable bonds is 2. The van der Waals surface area contributed by atoms with Gasteiger partial charge in [-0.25, -0.2) is 0 Å². The molecule has 1 heteroatoms. The maximum atomic E-state index is 3.76. The van der Waals surface area contributed by atoms with Crippen molar-refractivity contribution in [2.24, 2.45) is 4.99 Å². The summed E-state index contributed by atoms with van der Waals surface area (Å²) in [6.45, 7) is 1.98. The average Bonchev–Trinajstić information content (AvgIpc) is 1.81. The van der Waals surface area contributed by atoms with E-state index in [9.17, 15) is 0 Å². The first kappa shape index (κ1) is 7.15. The summed E-state index contributed by atoms with van der Waals surface area (Å²) in [7, 11) is 1.75. The van der Waals surface area contributed by atoms with Crippen LogP contribution in [0.15, 0.2) is 29.3 Å². The molecule has 1 nitrogen and oxygen atoms in total. The van der Waals surface area contributed by atoms with Gasteiger partial charge in [-0.3, -0.25) is 4.99 Å². The van der Waals surface area contributed by atoms with Gasteiger partial charge in [-0.2, -0.15) is 0 Å². The molecular weight excluding hydrogens is 98.1 g/mol. The first-order valence-corrected chi connectivity index (χ1v) is 2.62. The van der Waals surface area contributed by atoms with Gasteiger partial charge in [-0.1, -0.05) is 18.2 Å². The average molecular weight is 109 g/mol. The van der Waals surface area contributed by atoms with Gasteiger partial charge in [0.2, 0.25) is 0 Å². The summed E-state index contributed by atoms with van der Waals surface area (Å²) >= 11 is 0. The van der Waals surface area contributed by atoms with Gasteiger partial charge in [-0.05, 0) is 13.0 Å². The predicted octanol–water partition coefficient (Wildman–Crippen LogP) is 1.82. The van der Waals surface area contributed by atoms with E-state index in [0.29, 0.717) is 0 Å². The fourth-order valence-electron chi connectivity index (χ4n) is 0.311. The quantitative estimate of drug-likeness (QED) is 0.379. The number of nitrogens with zero attached hydrogens (tertiary/aromatic N) is 1. The third kappa shape index (κ3) is 5.15. The topological polar surface area (TPSA) is 12.4 Å². The van der Waals surface area contributed by atoms with Crippen LogP contribution in [-0.2, 0) is 0 Å². The van der Waals surface area contributed by atoms with Crippen LogP contribution in [0.4, 0.5) is 0 Å². The molecule has 8 heavy (non-hydrogen) atoms. The van der Waals surface area contributed by atoms with Crippen LogP contribution in [0.5, 0.6) is 0 Å². The van der Waals surface area contributed by atoms with Crippen molar-refractivity contribution in [3.8, 4) is 0 Å². The lowest BCUT2D eigenvalue weighted by Gasteiger charge is -1.68. The van der Waals surface area contributed by atoms with Crippen LogP contribution >= 0.6 is 0 Å². The molecule has 0 aliphatic heterocycles. The summed E-state index contributed by atoms with van der Waals surface area (Å²) in [4.78, 5) is 3.76. The molecule has 0 N–H and O–H groups in total. The minimum atomic E-state index is 1.75. The van der Waals surface area contributed by atoms with E-state index in [-0.39, 0.29) is 0 Å².